The number of benzene rings is 2. The Kier molecular flexibility index (Phi) is 5.06. The number of nitrogens with zero attached hydrogens (tertiary/aromatic N) is 2. The zero-order valence-electron chi connectivity index (χ0n) is 16.0. The van der Waals surface area contributed by atoms with Crippen molar-refractivity contribution >= 4 is 39.8 Å². The molecule has 1 aromatic heterocycles. The molecule has 0 atom stereocenters. The summed E-state index contributed by atoms with van der Waals surface area (Å²) in [6.07, 6.45) is 0.864. The molecule has 1 aliphatic heterocycles. The first-order chi connectivity index (χ1) is 14.6. The van der Waals surface area contributed by atoms with Gasteiger partial charge in [0.15, 0.2) is 0 Å². The van der Waals surface area contributed by atoms with Gasteiger partial charge in [-0.2, -0.15) is 0 Å². The normalized spacial score (nSPS) is 14.2. The molecule has 11 heteroatoms. The van der Waals surface area contributed by atoms with E-state index in [1.807, 2.05) is 0 Å². The first kappa shape index (κ1) is 21.0. The number of nitrogens with two attached hydrogens (primary N) is 1. The summed E-state index contributed by atoms with van der Waals surface area (Å²) in [4.78, 5) is 25.9. The number of nitrogens with one attached hydrogen (secondary N) is 1. The van der Waals surface area contributed by atoms with Gasteiger partial charge in [0.2, 0.25) is 5.43 Å². The third kappa shape index (κ3) is 3.28. The molecule has 2 heterocycles. The number of rotatable bonds is 4. The van der Waals surface area contributed by atoms with Crippen LogP contribution in [-0.2, 0) is 0 Å². The van der Waals surface area contributed by atoms with Crippen molar-refractivity contribution in [3.05, 3.63) is 62.7 Å². The van der Waals surface area contributed by atoms with Gasteiger partial charge in [-0.15, -0.1) is 0 Å². The maximum Gasteiger partial charge on any atom is 0.341 e. The van der Waals surface area contributed by atoms with E-state index in [-0.39, 0.29) is 33.3 Å². The van der Waals surface area contributed by atoms with Gasteiger partial charge in [-0.05, 0) is 19.2 Å². The maximum atomic E-state index is 14.9. The lowest BCUT2D eigenvalue weighted by Gasteiger charge is -2.41. The van der Waals surface area contributed by atoms with Crippen LogP contribution in [-0.4, -0.2) is 41.8 Å². The molecule has 0 amide bonds. The number of aromatic nitrogens is 1. The minimum absolute atomic E-state index is 0.00705. The Bertz CT molecular complexity index is 1310. The van der Waals surface area contributed by atoms with Gasteiger partial charge in [0.1, 0.15) is 23.0 Å². The second-order valence-corrected chi connectivity index (χ2v) is 7.56. The van der Waals surface area contributed by atoms with Crippen LogP contribution in [0.5, 0.6) is 0 Å². The second-order valence-electron chi connectivity index (χ2n) is 7.18. The van der Waals surface area contributed by atoms with Crippen LogP contribution in [0.2, 0.25) is 5.02 Å². The molecular formula is C20H16ClF3N4O3. The molecule has 0 bridgehead atoms. The fourth-order valence-electron chi connectivity index (χ4n) is 3.62. The quantitative estimate of drug-likeness (QED) is 0.526. The summed E-state index contributed by atoms with van der Waals surface area (Å²) < 4.78 is 44.2. The minimum atomic E-state index is -1.60. The number of aromatic carboxylic acids is 1. The van der Waals surface area contributed by atoms with Gasteiger partial charge in [0, 0.05) is 31.4 Å². The Morgan fingerprint density at radius 2 is 1.87 bits per heavy atom. The number of likely N-dealkylation sites (N-methyl/N-ethyl adjacent to an activating group) is 1. The maximum absolute atomic E-state index is 14.9. The van der Waals surface area contributed by atoms with Crippen molar-refractivity contribution in [3.8, 4) is 5.69 Å². The molecule has 1 fully saturated rings. The number of fused-ring (bicyclic) bond motifs is 1. The summed E-state index contributed by atoms with van der Waals surface area (Å²) in [7, 11) is 1.76. The largest absolute Gasteiger partial charge is 0.477 e. The Hall–Kier alpha value is -3.24. The minimum Gasteiger partial charge on any atom is -0.477 e. The zero-order chi connectivity index (χ0) is 22.6. The second kappa shape index (κ2) is 7.47. The zero-order valence-corrected chi connectivity index (χ0v) is 16.8. The van der Waals surface area contributed by atoms with Gasteiger partial charge < -0.3 is 25.6 Å². The van der Waals surface area contributed by atoms with E-state index in [9.17, 15) is 27.9 Å². The third-order valence-electron chi connectivity index (χ3n) is 5.32. The van der Waals surface area contributed by atoms with E-state index in [2.05, 4.69) is 5.32 Å². The number of carbonyl (C=O) groups is 1. The fraction of sp³-hybridized carbons (Fsp3) is 0.200. The van der Waals surface area contributed by atoms with E-state index in [0.717, 1.165) is 22.9 Å². The van der Waals surface area contributed by atoms with Crippen LogP contribution >= 0.6 is 11.6 Å². The van der Waals surface area contributed by atoms with Crippen molar-refractivity contribution < 1.29 is 23.1 Å². The van der Waals surface area contributed by atoms with Crippen LogP contribution in [0.4, 0.5) is 24.5 Å². The van der Waals surface area contributed by atoms with Gasteiger partial charge >= 0.3 is 5.97 Å². The predicted molar refractivity (Wildman–Crippen MR) is 111 cm³/mol. The molecule has 31 heavy (non-hydrogen) atoms. The average molecular weight is 453 g/mol. The Labute approximate surface area is 178 Å². The predicted octanol–water partition coefficient (Wildman–Crippen LogP) is 2.75. The molecule has 0 aliphatic carbocycles. The Morgan fingerprint density at radius 1 is 1.19 bits per heavy atom. The lowest BCUT2D eigenvalue weighted by Crippen LogP contribution is -2.57. The van der Waals surface area contributed by atoms with E-state index < -0.39 is 40.1 Å². The van der Waals surface area contributed by atoms with Crippen molar-refractivity contribution in [1.82, 2.24) is 9.88 Å². The molecule has 1 saturated heterocycles. The summed E-state index contributed by atoms with van der Waals surface area (Å²) >= 11 is 6.49. The third-order valence-corrected chi connectivity index (χ3v) is 5.68. The summed E-state index contributed by atoms with van der Waals surface area (Å²) in [5.41, 5.74) is 2.96. The summed E-state index contributed by atoms with van der Waals surface area (Å²) in [5.74, 6) is -4.51. The number of nitrogen functional groups attached to an aromatic ring is 1. The molecule has 1 aliphatic rings. The van der Waals surface area contributed by atoms with E-state index in [1.54, 1.807) is 11.9 Å². The van der Waals surface area contributed by atoms with E-state index >= 15 is 0 Å². The van der Waals surface area contributed by atoms with Crippen molar-refractivity contribution in [2.24, 2.45) is 0 Å². The van der Waals surface area contributed by atoms with Crippen molar-refractivity contribution in [2.75, 3.05) is 30.8 Å². The van der Waals surface area contributed by atoms with Crippen LogP contribution in [0.1, 0.15) is 10.4 Å². The Morgan fingerprint density at radius 3 is 2.48 bits per heavy atom. The van der Waals surface area contributed by atoms with Gasteiger partial charge in [0.05, 0.1) is 33.0 Å². The molecule has 0 saturated carbocycles. The highest BCUT2D eigenvalue weighted by atomic mass is 35.5. The van der Waals surface area contributed by atoms with Crippen LogP contribution < -0.4 is 21.4 Å². The molecule has 0 unspecified atom stereocenters. The monoisotopic (exact) mass is 452 g/mol. The fourth-order valence-corrected chi connectivity index (χ4v) is 4.02. The molecule has 4 N–H and O–H groups in total. The molecule has 0 spiro atoms. The lowest BCUT2D eigenvalue weighted by atomic mass is 10.0. The highest BCUT2D eigenvalue weighted by molar-refractivity contribution is 6.38. The van der Waals surface area contributed by atoms with Crippen LogP contribution in [0.15, 0.2) is 29.2 Å². The molecule has 2 aromatic carbocycles. The number of halogens is 4. The number of hydrogen-bond acceptors (Lipinski definition) is 5. The molecule has 0 radical (unpaired) electrons. The molecule has 7 nitrogen and oxygen atoms in total. The summed E-state index contributed by atoms with van der Waals surface area (Å²) in [6.45, 7) is 0.877. The van der Waals surface area contributed by atoms with Gasteiger partial charge in [-0.1, -0.05) is 11.6 Å². The topological polar surface area (TPSA) is 101 Å². The van der Waals surface area contributed by atoms with Gasteiger partial charge in [-0.25, -0.2) is 18.0 Å². The molecular weight excluding hydrogens is 437 g/mol. The smallest absolute Gasteiger partial charge is 0.341 e. The molecule has 162 valence electrons. The first-order valence-electron chi connectivity index (χ1n) is 9.11. The summed E-state index contributed by atoms with van der Waals surface area (Å²) in [6, 6.07) is 2.46. The summed E-state index contributed by atoms with van der Waals surface area (Å²) in [5, 5.41) is 11.9. The SMILES string of the molecule is CNC1CN(c2c(F)cc3c(=O)c(C(=O)O)cn(-c4cc(N)c(F)cc4F)c3c2Cl)C1. The first-order valence-corrected chi connectivity index (χ1v) is 9.49. The number of pyridine rings is 1. The Balaban J connectivity index is 2.09. The molecule has 3 aromatic rings. The highest BCUT2D eigenvalue weighted by Crippen LogP contribution is 2.39. The van der Waals surface area contributed by atoms with E-state index in [4.69, 9.17) is 17.3 Å². The van der Waals surface area contributed by atoms with Crippen LogP contribution in [0, 0.1) is 17.5 Å². The number of carboxylic acids is 1. The highest BCUT2D eigenvalue weighted by Gasteiger charge is 2.31. The van der Waals surface area contributed by atoms with E-state index in [1.165, 1.54) is 0 Å². The standard InChI is InChI=1S/C20H16ClF3N4O3/c1-26-8-5-27(6-8)18-13(24)2-9-17(16(18)21)28(7-10(19(9)29)20(30)31)15-4-14(25)11(22)3-12(15)23/h2-4,7-8,26H,5-6,25H2,1H3,(H,30,31). The van der Waals surface area contributed by atoms with Gasteiger partial charge in [0.25, 0.3) is 0 Å². The van der Waals surface area contributed by atoms with Crippen LogP contribution in [0.3, 0.4) is 0 Å². The molecule has 4 rings (SSSR count). The number of anilines is 2. The van der Waals surface area contributed by atoms with Crippen molar-refractivity contribution in [1.29, 1.82) is 0 Å². The van der Waals surface area contributed by atoms with Gasteiger partial charge in [-0.3, -0.25) is 4.79 Å². The lowest BCUT2D eigenvalue weighted by molar-refractivity contribution is 0.0695. The van der Waals surface area contributed by atoms with Crippen molar-refractivity contribution in [3.63, 3.8) is 0 Å². The number of hydrogen-bond donors (Lipinski definition) is 3. The average Bonchev–Trinajstić information content (AvgIpc) is 2.67. The van der Waals surface area contributed by atoms with Crippen LogP contribution in [0.25, 0.3) is 16.6 Å². The van der Waals surface area contributed by atoms with E-state index in [0.29, 0.717) is 19.2 Å². The number of carboxylic acid groups (broad SMARTS) is 1. The van der Waals surface area contributed by atoms with Crippen molar-refractivity contribution in [2.45, 2.75) is 6.04 Å².